The first-order valence-corrected chi connectivity index (χ1v) is 5.38. The van der Waals surface area contributed by atoms with E-state index in [1.54, 1.807) is 24.3 Å². The molecule has 1 aliphatic carbocycles. The van der Waals surface area contributed by atoms with Crippen LogP contribution in [0.3, 0.4) is 0 Å². The third-order valence-corrected chi connectivity index (χ3v) is 2.54. The fourth-order valence-corrected chi connectivity index (χ4v) is 1.79. The smallest absolute Gasteiger partial charge is 0.270 e. The highest BCUT2D eigenvalue weighted by atomic mass is 16.7. The van der Waals surface area contributed by atoms with Gasteiger partial charge in [0, 0.05) is 6.08 Å². The molecule has 0 fully saturated rings. The zero-order valence-electron chi connectivity index (χ0n) is 9.91. The summed E-state index contributed by atoms with van der Waals surface area (Å²) in [5.74, 6) is -1.56. The van der Waals surface area contributed by atoms with Crippen LogP contribution in [-0.2, 0) is 19.3 Å². The van der Waals surface area contributed by atoms with E-state index in [0.717, 1.165) is 9.80 Å². The third kappa shape index (κ3) is 1.86. The summed E-state index contributed by atoms with van der Waals surface area (Å²) in [4.78, 5) is 33.9. The molecule has 1 aliphatic heterocycles. The van der Waals surface area contributed by atoms with Gasteiger partial charge >= 0.3 is 11.8 Å². The average Bonchev–Trinajstić information content (AvgIpc) is 2.40. The number of amides is 2. The van der Waals surface area contributed by atoms with Crippen LogP contribution in [0.4, 0.5) is 0 Å². The van der Waals surface area contributed by atoms with E-state index < -0.39 is 17.9 Å². The minimum Gasteiger partial charge on any atom is -0.270 e. The van der Waals surface area contributed by atoms with Gasteiger partial charge in [0.2, 0.25) is 0 Å². The van der Waals surface area contributed by atoms with Crippen LogP contribution in [0.2, 0.25) is 0 Å². The molecule has 2 aliphatic rings. The van der Waals surface area contributed by atoms with Crippen molar-refractivity contribution in [2.24, 2.45) is 0 Å². The maximum Gasteiger partial charge on any atom is 0.526 e. The van der Waals surface area contributed by atoms with Crippen molar-refractivity contribution in [1.82, 2.24) is 5.06 Å². The lowest BCUT2D eigenvalue weighted by Gasteiger charge is -2.28. The summed E-state index contributed by atoms with van der Waals surface area (Å²) in [5.41, 5.74) is 0.536. The van der Waals surface area contributed by atoms with Crippen molar-refractivity contribution in [3.63, 3.8) is 0 Å². The summed E-state index contributed by atoms with van der Waals surface area (Å²) in [6.45, 7) is 3.65. The van der Waals surface area contributed by atoms with E-state index in [9.17, 15) is 9.59 Å². The second-order valence-electron chi connectivity index (χ2n) is 3.61. The lowest BCUT2D eigenvalue weighted by atomic mass is 10.0. The molecule has 0 saturated heterocycles. The minimum atomic E-state index is -0.784. The largest absolute Gasteiger partial charge is 0.526 e. The minimum absolute atomic E-state index is 0.146. The van der Waals surface area contributed by atoms with Gasteiger partial charge in [0.05, 0.1) is 11.3 Å². The Morgan fingerprint density at radius 1 is 1.50 bits per heavy atom. The van der Waals surface area contributed by atoms with Crippen molar-refractivity contribution < 1.29 is 24.0 Å². The van der Waals surface area contributed by atoms with Crippen LogP contribution in [0.25, 0.3) is 0 Å². The Balaban J connectivity index is 2.42. The van der Waals surface area contributed by atoms with Crippen LogP contribution in [0.1, 0.15) is 0 Å². The molecule has 1 atom stereocenters. The highest BCUT2D eigenvalue weighted by molar-refractivity contribution is 6.34. The Kier molecular flexibility index (Phi) is 3.38. The molecule has 1 unspecified atom stereocenters. The standard InChI is InChI=1S/C12H13N2O4/c1-3-8-18-14-10-7-5-4-6-9(10)13(17-2)11(15)12(14)16/h3-7,10H,1,8H2,2H3/q+1. The number of hydrogen-bond acceptors (Lipinski definition) is 4. The molecule has 0 aromatic heterocycles. The highest BCUT2D eigenvalue weighted by Gasteiger charge is 2.49. The molecular formula is C12H13N2O4+. The van der Waals surface area contributed by atoms with Gasteiger partial charge in [0.15, 0.2) is 6.04 Å². The maximum absolute atomic E-state index is 11.9. The first kappa shape index (κ1) is 12.3. The van der Waals surface area contributed by atoms with Crippen LogP contribution in [-0.4, -0.2) is 47.1 Å². The Hall–Kier alpha value is -2.21. The normalized spacial score (nSPS) is 22.3. The predicted molar refractivity (Wildman–Crippen MR) is 62.3 cm³/mol. The van der Waals surface area contributed by atoms with Gasteiger partial charge in [-0.3, -0.25) is 14.5 Å². The van der Waals surface area contributed by atoms with Crippen LogP contribution in [0, 0.1) is 0 Å². The lowest BCUT2D eigenvalue weighted by Crippen LogP contribution is -2.57. The topological polar surface area (TPSA) is 58.8 Å². The summed E-state index contributed by atoms with van der Waals surface area (Å²) in [6.07, 6.45) is 8.47. The molecule has 0 spiro atoms. The zero-order valence-corrected chi connectivity index (χ0v) is 9.91. The Labute approximate surface area is 104 Å². The molecule has 0 aromatic carbocycles. The number of nitrogens with zero attached hydrogens (tertiary/aromatic N) is 2. The van der Waals surface area contributed by atoms with Crippen molar-refractivity contribution in [2.45, 2.75) is 6.04 Å². The Morgan fingerprint density at radius 2 is 2.28 bits per heavy atom. The van der Waals surface area contributed by atoms with E-state index in [-0.39, 0.29) is 6.61 Å². The number of carbonyl (C=O) groups is 2. The molecule has 0 saturated carbocycles. The number of carbonyl (C=O) groups excluding carboxylic acids is 2. The molecule has 2 amide bonds. The first-order chi connectivity index (χ1) is 8.70. The van der Waals surface area contributed by atoms with Crippen molar-refractivity contribution in [2.75, 3.05) is 13.7 Å². The van der Waals surface area contributed by atoms with Gasteiger partial charge in [-0.25, -0.2) is 4.79 Å². The number of fused-ring (bicyclic) bond motifs is 1. The Bertz CT molecular complexity index is 490. The summed E-state index contributed by atoms with van der Waals surface area (Å²) in [6, 6.07) is -0.472. The molecule has 94 valence electrons. The molecule has 0 aromatic rings. The van der Waals surface area contributed by atoms with Crippen LogP contribution >= 0.6 is 0 Å². The lowest BCUT2D eigenvalue weighted by molar-refractivity contribution is -0.712. The van der Waals surface area contributed by atoms with Gasteiger partial charge in [0.1, 0.15) is 7.11 Å². The second-order valence-corrected chi connectivity index (χ2v) is 3.61. The van der Waals surface area contributed by atoms with Gasteiger partial charge in [-0.15, -0.1) is 6.58 Å². The number of rotatable bonds is 4. The van der Waals surface area contributed by atoms with Crippen molar-refractivity contribution in [1.29, 1.82) is 0 Å². The van der Waals surface area contributed by atoms with Crippen molar-refractivity contribution >= 4 is 17.5 Å². The van der Waals surface area contributed by atoms with Crippen molar-refractivity contribution in [3.05, 3.63) is 37.0 Å². The van der Waals surface area contributed by atoms with E-state index in [2.05, 4.69) is 6.58 Å². The van der Waals surface area contributed by atoms with Gasteiger partial charge in [-0.2, -0.15) is 5.06 Å². The van der Waals surface area contributed by atoms with E-state index in [1.165, 1.54) is 13.2 Å². The molecule has 6 heteroatoms. The van der Waals surface area contributed by atoms with E-state index in [1.807, 2.05) is 0 Å². The molecule has 0 radical (unpaired) electrons. The molecule has 6 nitrogen and oxygen atoms in total. The highest BCUT2D eigenvalue weighted by Crippen LogP contribution is 2.16. The molecule has 1 heterocycles. The van der Waals surface area contributed by atoms with Crippen LogP contribution < -0.4 is 0 Å². The van der Waals surface area contributed by atoms with Gasteiger partial charge in [0.25, 0.3) is 5.71 Å². The maximum atomic E-state index is 11.9. The SMILES string of the molecule is C=CCON1C(=O)C(=O)[N+](OC)=C2C=CC=CC21. The average molecular weight is 249 g/mol. The molecule has 0 N–H and O–H groups in total. The Morgan fingerprint density at radius 3 is 2.94 bits per heavy atom. The van der Waals surface area contributed by atoms with Gasteiger partial charge < -0.3 is 0 Å². The fourth-order valence-electron chi connectivity index (χ4n) is 1.79. The summed E-state index contributed by atoms with van der Waals surface area (Å²) in [5, 5.41) is 1.04. The summed E-state index contributed by atoms with van der Waals surface area (Å²) < 4.78 is 0.973. The fraction of sp³-hybridized carbons (Fsp3) is 0.250. The monoisotopic (exact) mass is 249 g/mol. The third-order valence-electron chi connectivity index (χ3n) is 2.54. The first-order valence-electron chi connectivity index (χ1n) is 5.38. The van der Waals surface area contributed by atoms with Crippen molar-refractivity contribution in [3.8, 4) is 0 Å². The van der Waals surface area contributed by atoms with Gasteiger partial charge in [-0.1, -0.05) is 18.2 Å². The number of allylic oxidation sites excluding steroid dienone is 2. The zero-order chi connectivity index (χ0) is 13.1. The summed E-state index contributed by atoms with van der Waals surface area (Å²) >= 11 is 0. The molecule has 0 bridgehead atoms. The molecule has 2 rings (SSSR count). The van der Waals surface area contributed by atoms with Gasteiger partial charge in [-0.05, 0) is 6.08 Å². The van der Waals surface area contributed by atoms with Crippen LogP contribution in [0.5, 0.6) is 0 Å². The number of hydroxylamine groups is 3. The quantitative estimate of drug-likeness (QED) is 0.399. The predicted octanol–water partition coefficient (Wildman–Crippen LogP) is -0.0177. The van der Waals surface area contributed by atoms with E-state index >= 15 is 0 Å². The number of hydrogen-bond donors (Lipinski definition) is 0. The molecule has 18 heavy (non-hydrogen) atoms. The second kappa shape index (κ2) is 4.97. The van der Waals surface area contributed by atoms with E-state index in [0.29, 0.717) is 5.71 Å². The van der Waals surface area contributed by atoms with E-state index in [4.69, 9.17) is 9.68 Å². The van der Waals surface area contributed by atoms with Crippen LogP contribution in [0.15, 0.2) is 37.0 Å². The molecular weight excluding hydrogens is 236 g/mol. The summed E-state index contributed by atoms with van der Waals surface area (Å²) in [7, 11) is 1.33.